The van der Waals surface area contributed by atoms with Crippen molar-refractivity contribution in [1.82, 2.24) is 5.32 Å². The lowest BCUT2D eigenvalue weighted by Crippen LogP contribution is -2.54. The lowest BCUT2D eigenvalue weighted by atomic mass is 10.1. The Morgan fingerprint density at radius 1 is 0.969 bits per heavy atom. The molecule has 1 aliphatic rings. The summed E-state index contributed by atoms with van der Waals surface area (Å²) in [4.78, 5) is 49.8. The molecule has 10 nitrogen and oxygen atoms in total. The molecule has 1 heterocycles. The second kappa shape index (κ2) is 9.65. The Morgan fingerprint density at radius 2 is 1.69 bits per heavy atom. The molecule has 0 atom stereocenters. The normalized spacial score (nSPS) is 14.8. The number of imide groups is 2. The molecule has 166 valence electrons. The summed E-state index contributed by atoms with van der Waals surface area (Å²) in [5, 5.41) is 2.16. The van der Waals surface area contributed by atoms with Crippen LogP contribution < -0.4 is 24.4 Å². The Hall–Kier alpha value is -4.34. The maximum Gasteiger partial charge on any atom is 0.343 e. The lowest BCUT2D eigenvalue weighted by molar-refractivity contribution is -0.143. The molecule has 2 aromatic rings. The van der Waals surface area contributed by atoms with Crippen molar-refractivity contribution < 1.29 is 38.1 Å². The van der Waals surface area contributed by atoms with Crippen molar-refractivity contribution in [2.45, 2.75) is 0 Å². The minimum atomic E-state index is -0.855. The number of urea groups is 1. The molecule has 0 radical (unpaired) electrons. The zero-order chi connectivity index (χ0) is 23.3. The fourth-order valence-corrected chi connectivity index (χ4v) is 2.88. The van der Waals surface area contributed by atoms with Crippen molar-refractivity contribution in [3.05, 3.63) is 53.6 Å². The number of hydrogen-bond acceptors (Lipinski definition) is 8. The molecule has 0 bridgehead atoms. The fraction of sp³-hybridized carbons (Fsp3) is 0.182. The number of nitrogens with one attached hydrogen (secondary N) is 1. The molecule has 0 aromatic heterocycles. The van der Waals surface area contributed by atoms with Gasteiger partial charge in [0.2, 0.25) is 0 Å². The summed E-state index contributed by atoms with van der Waals surface area (Å²) in [5.74, 6) is -1.08. The van der Waals surface area contributed by atoms with Gasteiger partial charge in [-0.3, -0.25) is 14.9 Å². The molecule has 0 unspecified atom stereocenters. The quantitative estimate of drug-likeness (QED) is 0.394. The van der Waals surface area contributed by atoms with Crippen LogP contribution in [-0.4, -0.2) is 51.8 Å². The number of barbiturate groups is 1. The Bertz CT molecular complexity index is 1090. The molecule has 1 N–H and O–H groups in total. The number of nitrogens with zero attached hydrogens (tertiary/aromatic N) is 1. The largest absolute Gasteiger partial charge is 0.497 e. The minimum Gasteiger partial charge on any atom is -0.497 e. The number of esters is 1. The second-order valence-corrected chi connectivity index (χ2v) is 6.43. The molecule has 0 spiro atoms. The van der Waals surface area contributed by atoms with Gasteiger partial charge in [0.05, 0.1) is 27.0 Å². The van der Waals surface area contributed by atoms with E-state index < -0.39 is 23.8 Å². The minimum absolute atomic E-state index is 0.245. The highest BCUT2D eigenvalue weighted by atomic mass is 16.6. The van der Waals surface area contributed by atoms with Crippen LogP contribution in [-0.2, 0) is 19.1 Å². The van der Waals surface area contributed by atoms with Crippen molar-refractivity contribution in [3.8, 4) is 17.2 Å². The van der Waals surface area contributed by atoms with Gasteiger partial charge in [-0.2, -0.15) is 0 Å². The number of carbonyl (C=O) groups is 4. The third-order valence-electron chi connectivity index (χ3n) is 4.50. The summed E-state index contributed by atoms with van der Waals surface area (Å²) in [6.07, 6.45) is 1.33. The van der Waals surface area contributed by atoms with Crippen LogP contribution in [0.25, 0.3) is 6.08 Å². The molecule has 32 heavy (non-hydrogen) atoms. The highest BCUT2D eigenvalue weighted by Gasteiger charge is 2.36. The van der Waals surface area contributed by atoms with E-state index in [0.29, 0.717) is 11.3 Å². The molecule has 3 rings (SSSR count). The highest BCUT2D eigenvalue weighted by Crippen LogP contribution is 2.30. The zero-order valence-electron chi connectivity index (χ0n) is 17.5. The van der Waals surface area contributed by atoms with Crippen molar-refractivity contribution in [2.24, 2.45) is 0 Å². The average Bonchev–Trinajstić information content (AvgIpc) is 2.80. The first-order valence-electron chi connectivity index (χ1n) is 9.31. The number of benzene rings is 2. The third kappa shape index (κ3) is 4.69. The van der Waals surface area contributed by atoms with Crippen molar-refractivity contribution in [1.29, 1.82) is 0 Å². The first-order chi connectivity index (χ1) is 15.4. The van der Waals surface area contributed by atoms with E-state index in [4.69, 9.17) is 14.2 Å². The summed E-state index contributed by atoms with van der Waals surface area (Å²) in [7, 11) is 4.14. The average molecular weight is 440 g/mol. The van der Waals surface area contributed by atoms with Crippen LogP contribution in [0.15, 0.2) is 48.0 Å². The van der Waals surface area contributed by atoms with E-state index in [2.05, 4.69) is 10.1 Å². The van der Waals surface area contributed by atoms with Crippen LogP contribution in [0, 0.1) is 0 Å². The Labute approximate surface area is 183 Å². The second-order valence-electron chi connectivity index (χ2n) is 6.43. The van der Waals surface area contributed by atoms with Gasteiger partial charge in [0.1, 0.15) is 11.3 Å². The van der Waals surface area contributed by atoms with Crippen LogP contribution in [0.2, 0.25) is 0 Å². The van der Waals surface area contributed by atoms with E-state index in [1.54, 1.807) is 18.2 Å². The van der Waals surface area contributed by atoms with Gasteiger partial charge in [-0.25, -0.2) is 14.5 Å². The molecular weight excluding hydrogens is 420 g/mol. The first-order valence-corrected chi connectivity index (χ1v) is 9.31. The van der Waals surface area contributed by atoms with Gasteiger partial charge in [0, 0.05) is 0 Å². The van der Waals surface area contributed by atoms with E-state index in [9.17, 15) is 19.2 Å². The number of hydrogen-bond donors (Lipinski definition) is 1. The van der Waals surface area contributed by atoms with Gasteiger partial charge in [-0.05, 0) is 48.0 Å². The monoisotopic (exact) mass is 440 g/mol. The van der Waals surface area contributed by atoms with Gasteiger partial charge < -0.3 is 18.9 Å². The fourth-order valence-electron chi connectivity index (χ4n) is 2.88. The third-order valence-corrected chi connectivity index (χ3v) is 4.50. The number of carbonyl (C=O) groups excluding carboxylic acids is 4. The van der Waals surface area contributed by atoms with E-state index in [1.807, 2.05) is 0 Å². The Morgan fingerprint density at radius 3 is 2.31 bits per heavy atom. The van der Waals surface area contributed by atoms with Gasteiger partial charge >= 0.3 is 12.0 Å². The lowest BCUT2D eigenvalue weighted by Gasteiger charge is -2.26. The highest BCUT2D eigenvalue weighted by molar-refractivity contribution is 6.39. The standard InChI is InChI=1S/C22H20N2O8/c1-29-15-7-5-14(6-8-15)24-21(27)16(20(26)23-22(24)28)10-13-4-9-17(18(11-13)30-2)32-12-19(25)31-3/h4-11H,12H2,1-3H3,(H,23,26,28)/b16-10+. The SMILES string of the molecule is COC(=O)COc1ccc(/C=C2\C(=O)NC(=O)N(c3ccc(OC)cc3)C2=O)cc1OC. The van der Waals surface area contributed by atoms with E-state index >= 15 is 0 Å². The Balaban J connectivity index is 1.90. The predicted octanol–water partition coefficient (Wildman–Crippen LogP) is 1.92. The van der Waals surface area contributed by atoms with Crippen molar-refractivity contribution in [3.63, 3.8) is 0 Å². The van der Waals surface area contributed by atoms with Crippen LogP contribution in [0.4, 0.5) is 10.5 Å². The number of rotatable bonds is 7. The summed E-state index contributed by atoms with van der Waals surface area (Å²) in [5.41, 5.74) is 0.469. The predicted molar refractivity (Wildman–Crippen MR) is 113 cm³/mol. The van der Waals surface area contributed by atoms with Crippen molar-refractivity contribution >= 4 is 35.6 Å². The number of methoxy groups -OCH3 is 3. The molecule has 0 saturated carbocycles. The molecule has 0 aliphatic carbocycles. The van der Waals surface area contributed by atoms with E-state index in [0.717, 1.165) is 4.90 Å². The van der Waals surface area contributed by atoms with Crippen LogP contribution in [0.5, 0.6) is 17.2 Å². The molecule has 1 saturated heterocycles. The number of ether oxygens (including phenoxy) is 4. The summed E-state index contributed by atoms with van der Waals surface area (Å²) in [6.45, 7) is -0.312. The number of amides is 4. The topological polar surface area (TPSA) is 120 Å². The molecule has 1 fully saturated rings. The van der Waals surface area contributed by atoms with Gasteiger partial charge in [-0.15, -0.1) is 0 Å². The van der Waals surface area contributed by atoms with E-state index in [1.165, 1.54) is 51.7 Å². The maximum atomic E-state index is 13.0. The summed E-state index contributed by atoms with van der Waals surface area (Å²) >= 11 is 0. The molecular formula is C22H20N2O8. The van der Waals surface area contributed by atoms with Crippen LogP contribution in [0.1, 0.15) is 5.56 Å². The Kier molecular flexibility index (Phi) is 6.74. The van der Waals surface area contributed by atoms with Gasteiger partial charge in [0.15, 0.2) is 18.1 Å². The zero-order valence-corrected chi connectivity index (χ0v) is 17.5. The smallest absolute Gasteiger partial charge is 0.343 e. The molecule has 10 heteroatoms. The number of anilines is 1. The molecule has 4 amide bonds. The maximum absolute atomic E-state index is 13.0. The van der Waals surface area contributed by atoms with E-state index in [-0.39, 0.29) is 29.4 Å². The molecule has 2 aromatic carbocycles. The van der Waals surface area contributed by atoms with Crippen molar-refractivity contribution in [2.75, 3.05) is 32.8 Å². The molecule has 1 aliphatic heterocycles. The van der Waals surface area contributed by atoms with Gasteiger partial charge in [0.25, 0.3) is 11.8 Å². The van der Waals surface area contributed by atoms with Gasteiger partial charge in [-0.1, -0.05) is 6.07 Å². The summed E-state index contributed by atoms with van der Waals surface area (Å²) in [6, 6.07) is 9.99. The van der Waals surface area contributed by atoms with Crippen LogP contribution in [0.3, 0.4) is 0 Å². The first kappa shape index (κ1) is 22.3. The van der Waals surface area contributed by atoms with Crippen LogP contribution >= 0.6 is 0 Å². The summed E-state index contributed by atoms with van der Waals surface area (Å²) < 4.78 is 20.2.